The second kappa shape index (κ2) is 14.1. The Hall–Kier alpha value is -4.34. The van der Waals surface area contributed by atoms with Gasteiger partial charge in [0.05, 0.1) is 0 Å². The second-order valence-corrected chi connectivity index (χ2v) is 18.4. The summed E-state index contributed by atoms with van der Waals surface area (Å²) in [6.07, 6.45) is 1.90. The van der Waals surface area contributed by atoms with Crippen molar-refractivity contribution in [1.29, 1.82) is 0 Å². The zero-order valence-corrected chi connectivity index (χ0v) is 36.1. The van der Waals surface area contributed by atoms with Crippen LogP contribution in [0.4, 0.5) is 11.4 Å². The Labute approximate surface area is 337 Å². The summed E-state index contributed by atoms with van der Waals surface area (Å²) in [5, 5.41) is 2.26. The van der Waals surface area contributed by atoms with Gasteiger partial charge in [-0.2, -0.15) is 12.1 Å². The Morgan fingerprint density at radius 3 is 1.89 bits per heavy atom. The number of benzene rings is 4. The number of aromatic nitrogens is 2. The predicted molar refractivity (Wildman–Crippen MR) is 222 cm³/mol. The summed E-state index contributed by atoms with van der Waals surface area (Å²) in [7, 11) is 0. The average molecular weight is 897 g/mol. The minimum Gasteiger partial charge on any atom is -0.509 e. The van der Waals surface area contributed by atoms with Gasteiger partial charge in [-0.1, -0.05) is 119 Å². The van der Waals surface area contributed by atoms with Crippen molar-refractivity contribution in [3.63, 3.8) is 0 Å². The number of allylic oxidation sites excluding steroid dienone is 2. The zero-order valence-electron chi connectivity index (χ0n) is 33.8. The van der Waals surface area contributed by atoms with E-state index in [1.165, 1.54) is 22.5 Å². The van der Waals surface area contributed by atoms with Gasteiger partial charge in [0.1, 0.15) is 5.82 Å². The number of anilines is 2. The van der Waals surface area contributed by atoms with Crippen LogP contribution >= 0.6 is 0 Å². The van der Waals surface area contributed by atoms with Gasteiger partial charge >= 0.3 is 0 Å². The monoisotopic (exact) mass is 896 g/mol. The van der Waals surface area contributed by atoms with Crippen molar-refractivity contribution in [1.82, 2.24) is 9.55 Å². The molecule has 54 heavy (non-hydrogen) atoms. The topological polar surface area (TPSA) is 33.5 Å². The van der Waals surface area contributed by atoms with Gasteiger partial charge in [0.15, 0.2) is 0 Å². The quantitative estimate of drug-likeness (QED) is 0.161. The van der Waals surface area contributed by atoms with E-state index in [4.69, 9.17) is 9.72 Å². The van der Waals surface area contributed by atoms with Crippen LogP contribution < -0.4 is 14.5 Å². The molecule has 1 aliphatic rings. The van der Waals surface area contributed by atoms with E-state index in [2.05, 4.69) is 189 Å². The van der Waals surface area contributed by atoms with Crippen LogP contribution in [0.1, 0.15) is 94.2 Å². The van der Waals surface area contributed by atoms with Gasteiger partial charge in [-0.05, 0) is 57.7 Å². The molecule has 0 saturated heterocycles. The van der Waals surface area contributed by atoms with Crippen molar-refractivity contribution in [3.8, 4) is 17.3 Å². The molecule has 0 atom stereocenters. The molecule has 0 aliphatic carbocycles. The first kappa shape index (κ1) is 39.4. The van der Waals surface area contributed by atoms with Crippen molar-refractivity contribution < 1.29 is 25.8 Å². The van der Waals surface area contributed by atoms with Crippen molar-refractivity contribution in [2.24, 2.45) is 10.8 Å². The van der Waals surface area contributed by atoms with E-state index in [9.17, 15) is 0 Å². The Balaban J connectivity index is 0.00000497. The van der Waals surface area contributed by atoms with Gasteiger partial charge in [0.25, 0.3) is 0 Å². The Morgan fingerprint density at radius 2 is 1.20 bits per heavy atom. The first-order valence-corrected chi connectivity index (χ1v) is 18.7. The van der Waals surface area contributed by atoms with Crippen molar-refractivity contribution >= 4 is 33.2 Å². The number of nitrogens with zero attached hydrogens (tertiary/aromatic N) is 4. The maximum absolute atomic E-state index is 6.62. The van der Waals surface area contributed by atoms with Gasteiger partial charge in [0.2, 0.25) is 0 Å². The summed E-state index contributed by atoms with van der Waals surface area (Å²) < 4.78 is 8.81. The molecular formula is C48H53N4OPt-3. The summed E-state index contributed by atoms with van der Waals surface area (Å²) >= 11 is 0. The maximum Gasteiger partial charge on any atom is 0.135 e. The normalized spacial score (nSPS) is 14.3. The van der Waals surface area contributed by atoms with E-state index in [0.29, 0.717) is 11.5 Å². The first-order chi connectivity index (χ1) is 24.8. The fraction of sp³-hybridized carbons (Fsp3) is 0.333. The van der Waals surface area contributed by atoms with Crippen LogP contribution in [0.3, 0.4) is 0 Å². The predicted octanol–water partition coefficient (Wildman–Crippen LogP) is 12.9. The molecule has 4 aromatic carbocycles. The number of ether oxygens (including phenoxy) is 1. The summed E-state index contributed by atoms with van der Waals surface area (Å²) in [4.78, 5) is 9.52. The van der Waals surface area contributed by atoms with Gasteiger partial charge < -0.3 is 19.1 Å². The molecule has 284 valence electrons. The molecule has 5 nitrogen and oxygen atoms in total. The molecule has 2 aromatic heterocycles. The number of pyridine rings is 1. The van der Waals surface area contributed by atoms with E-state index in [-0.39, 0.29) is 42.7 Å². The van der Waals surface area contributed by atoms with Crippen LogP contribution in [-0.4, -0.2) is 9.55 Å². The fourth-order valence-electron chi connectivity index (χ4n) is 7.33. The third-order valence-electron chi connectivity index (χ3n) is 9.98. The number of para-hydroxylation sites is 1. The van der Waals surface area contributed by atoms with Gasteiger partial charge in [-0.3, -0.25) is 0 Å². The third-order valence-corrected chi connectivity index (χ3v) is 9.98. The number of hydrogen-bond donors (Lipinski definition) is 0. The van der Waals surface area contributed by atoms with Gasteiger partial charge in [-0.25, -0.2) is 4.98 Å². The minimum atomic E-state index is -0.162. The maximum atomic E-state index is 6.62. The minimum absolute atomic E-state index is 0. The Morgan fingerprint density at radius 1 is 0.574 bits per heavy atom. The molecule has 0 unspecified atom stereocenters. The van der Waals surface area contributed by atoms with Crippen LogP contribution in [0, 0.1) is 29.6 Å². The van der Waals surface area contributed by atoms with Crippen LogP contribution in [0.25, 0.3) is 27.6 Å². The number of hydrogen-bond acceptors (Lipinski definition) is 4. The zero-order chi connectivity index (χ0) is 38.1. The summed E-state index contributed by atoms with van der Waals surface area (Å²) in [5.41, 5.74) is 8.85. The summed E-state index contributed by atoms with van der Waals surface area (Å²) in [5.74, 6) is 2.11. The molecule has 0 bridgehead atoms. The van der Waals surface area contributed by atoms with Crippen LogP contribution in [0.15, 0.2) is 109 Å². The van der Waals surface area contributed by atoms with Crippen LogP contribution in [0.5, 0.6) is 11.5 Å². The largest absolute Gasteiger partial charge is 0.509 e. The van der Waals surface area contributed by atoms with Crippen molar-refractivity contribution in [2.75, 3.05) is 9.80 Å². The standard InChI is InChI=1S/C48H53N4O.Pt/c1-45(2,3)32-17-15-18-34(27-32)50-31-51(44(48(10,11)12)43(50)47(7,8)9)35-19-16-20-36(29-35)53-37-23-24-39-38-21-13-14-22-40(38)52(41(39)30-37)42-28-33(25-26-49-42)46(4,5)6;/h13-28,31H,1-12H3;/q-3;. The molecule has 6 heteroatoms. The van der Waals surface area contributed by atoms with E-state index in [0.717, 1.165) is 39.0 Å². The average Bonchev–Trinajstić information content (AvgIpc) is 3.66. The summed E-state index contributed by atoms with van der Waals surface area (Å²) in [6.45, 7) is 29.5. The van der Waals surface area contributed by atoms with Crippen LogP contribution in [-0.2, 0) is 31.9 Å². The molecule has 3 heterocycles. The fourth-order valence-corrected chi connectivity index (χ4v) is 7.33. The van der Waals surface area contributed by atoms with Gasteiger partial charge in [-0.15, -0.1) is 48.1 Å². The van der Waals surface area contributed by atoms with Crippen molar-refractivity contribution in [2.45, 2.75) is 93.9 Å². The molecule has 0 saturated carbocycles. The number of fused-ring (bicyclic) bond motifs is 3. The van der Waals surface area contributed by atoms with Crippen molar-refractivity contribution in [3.05, 3.63) is 139 Å². The van der Waals surface area contributed by atoms with E-state index < -0.39 is 0 Å². The molecule has 6 aromatic rings. The molecule has 0 N–H and O–H groups in total. The van der Waals surface area contributed by atoms with Crippen LogP contribution in [0.2, 0.25) is 0 Å². The number of rotatable bonds is 5. The van der Waals surface area contributed by atoms with Gasteiger partial charge in [0, 0.05) is 72.2 Å². The Kier molecular flexibility index (Phi) is 10.2. The summed E-state index contributed by atoms with van der Waals surface area (Å²) in [6, 6.07) is 39.2. The molecule has 0 radical (unpaired) electrons. The molecule has 1 aliphatic heterocycles. The molecule has 7 rings (SSSR count). The van der Waals surface area contributed by atoms with E-state index >= 15 is 0 Å². The SMILES string of the molecule is CC(C)(C)C1=C(C(C)(C)C)N(c2cccc(C(C)(C)C)c2)[CH-]N1c1[c-]c(Oc2[c-]c3c(cc2)c2ccccc2n3-c2cc(C(C)(C)C)ccn2)ccc1.[Pt]. The molecule has 0 fully saturated rings. The smallest absolute Gasteiger partial charge is 0.135 e. The van der Waals surface area contributed by atoms with E-state index in [1.54, 1.807) is 0 Å². The third kappa shape index (κ3) is 7.49. The van der Waals surface area contributed by atoms with E-state index in [1.807, 2.05) is 24.4 Å². The first-order valence-electron chi connectivity index (χ1n) is 18.7. The Bertz CT molecular complexity index is 2360. The molecule has 0 amide bonds. The second-order valence-electron chi connectivity index (χ2n) is 18.4. The molecular weight excluding hydrogens is 844 g/mol. The molecule has 0 spiro atoms.